The monoisotopic (exact) mass is 504 g/mol. The number of nitrogens with zero attached hydrogens (tertiary/aromatic N) is 2. The lowest BCUT2D eigenvalue weighted by Crippen LogP contribution is -2.45. The summed E-state index contributed by atoms with van der Waals surface area (Å²) in [5, 5.41) is 19.6. The molecule has 0 bridgehead atoms. The van der Waals surface area contributed by atoms with Crippen LogP contribution in [0.25, 0.3) is 11.1 Å². The molecule has 192 valence electrons. The lowest BCUT2D eigenvalue weighted by atomic mass is 9.87. The van der Waals surface area contributed by atoms with E-state index < -0.39 is 10.0 Å². The van der Waals surface area contributed by atoms with Crippen LogP contribution < -0.4 is 0 Å². The molecule has 4 rings (SSSR count). The van der Waals surface area contributed by atoms with E-state index in [4.69, 9.17) is 0 Å². The van der Waals surface area contributed by atoms with Crippen molar-refractivity contribution in [3.63, 3.8) is 0 Å². The van der Waals surface area contributed by atoms with Gasteiger partial charge in [0.2, 0.25) is 0 Å². The Hall–Kier alpha value is -2.57. The number of rotatable bonds is 9. The molecular formula is C31H40N2O2S. The Labute approximate surface area is 218 Å². The van der Waals surface area contributed by atoms with Gasteiger partial charge < -0.3 is 15.1 Å². The van der Waals surface area contributed by atoms with Crippen LogP contribution in [0.2, 0.25) is 0 Å². The lowest BCUT2D eigenvalue weighted by Gasteiger charge is -2.41. The molecule has 1 heterocycles. The van der Waals surface area contributed by atoms with E-state index in [2.05, 4.69) is 77.9 Å². The zero-order valence-corrected chi connectivity index (χ0v) is 22.7. The van der Waals surface area contributed by atoms with Crippen LogP contribution in [0.5, 0.6) is 5.75 Å². The van der Waals surface area contributed by atoms with Crippen molar-refractivity contribution >= 4 is 21.2 Å². The first-order chi connectivity index (χ1) is 17.4. The minimum absolute atomic E-state index is 0.155. The molecule has 0 spiro atoms. The second-order valence-electron chi connectivity index (χ2n) is 10.2. The van der Waals surface area contributed by atoms with Gasteiger partial charge in [-0.25, -0.2) is 10.0 Å². The van der Waals surface area contributed by atoms with Crippen LogP contribution >= 0.6 is 10.0 Å². The fourth-order valence-corrected chi connectivity index (χ4v) is 7.14. The van der Waals surface area contributed by atoms with E-state index in [0.29, 0.717) is 6.42 Å². The predicted octanol–water partition coefficient (Wildman–Crippen LogP) is 5.75. The summed E-state index contributed by atoms with van der Waals surface area (Å²) in [5.74, 6) is 1.39. The van der Waals surface area contributed by atoms with E-state index >= 15 is 0 Å². The van der Waals surface area contributed by atoms with Gasteiger partial charge in [-0.05, 0) is 89.4 Å². The topological polar surface area (TPSA) is 46.9 Å². The normalized spacial score (nSPS) is 16.6. The number of piperazine rings is 1. The average molecular weight is 505 g/mol. The maximum Gasteiger partial charge on any atom is 0.115 e. The Balaban J connectivity index is 1.72. The number of allylic oxidation sites excluding steroid dienone is 1. The van der Waals surface area contributed by atoms with Crippen molar-refractivity contribution in [1.29, 1.82) is 0 Å². The standard InChI is InChI=1S/C31H40N2O2S/c1-32-19-21-33(22-20-32)24-36(2,3)29-17-13-27(14-18-29)31(26-11-15-28(35)16-12-26)30(10-7-23-34)25-8-5-4-6-9-25/h4-6,8-9,11-18,34-35H,7,10,19-24H2,1-3H3/b31-30-. The van der Waals surface area contributed by atoms with E-state index in [9.17, 15) is 10.2 Å². The van der Waals surface area contributed by atoms with Gasteiger partial charge in [-0.2, -0.15) is 0 Å². The maximum atomic E-state index is 9.93. The van der Waals surface area contributed by atoms with Gasteiger partial charge in [-0.3, -0.25) is 4.90 Å². The van der Waals surface area contributed by atoms with Gasteiger partial charge >= 0.3 is 0 Å². The summed E-state index contributed by atoms with van der Waals surface area (Å²) in [6, 6.07) is 27.1. The number of hydrogen-bond donors (Lipinski definition) is 2. The average Bonchev–Trinajstić information content (AvgIpc) is 2.89. The molecule has 5 heteroatoms. The minimum atomic E-state index is -0.951. The number of hydrogen-bond acceptors (Lipinski definition) is 4. The number of aliphatic hydroxyl groups excluding tert-OH is 1. The van der Waals surface area contributed by atoms with Crippen molar-refractivity contribution in [3.8, 4) is 5.75 Å². The lowest BCUT2D eigenvalue weighted by molar-refractivity contribution is 0.174. The highest BCUT2D eigenvalue weighted by Crippen LogP contribution is 2.50. The van der Waals surface area contributed by atoms with Crippen LogP contribution in [0.15, 0.2) is 83.8 Å². The van der Waals surface area contributed by atoms with Crippen molar-refractivity contribution < 1.29 is 10.2 Å². The van der Waals surface area contributed by atoms with Crippen LogP contribution in [0, 0.1) is 0 Å². The number of phenolic OH excluding ortho intramolecular Hbond substituents is 1. The zero-order chi connectivity index (χ0) is 25.5. The highest BCUT2D eigenvalue weighted by molar-refractivity contribution is 8.32. The van der Waals surface area contributed by atoms with Gasteiger partial charge in [0, 0.05) is 38.7 Å². The third-order valence-electron chi connectivity index (χ3n) is 7.05. The molecule has 36 heavy (non-hydrogen) atoms. The Morgan fingerprint density at radius 1 is 0.778 bits per heavy atom. The molecule has 3 aromatic carbocycles. The fourth-order valence-electron chi connectivity index (χ4n) is 4.95. The predicted molar refractivity (Wildman–Crippen MR) is 155 cm³/mol. The summed E-state index contributed by atoms with van der Waals surface area (Å²) in [4.78, 5) is 6.45. The second kappa shape index (κ2) is 12.1. The summed E-state index contributed by atoms with van der Waals surface area (Å²) in [5.41, 5.74) is 5.77. The molecule has 1 saturated heterocycles. The van der Waals surface area contributed by atoms with Crippen LogP contribution in [-0.4, -0.2) is 78.2 Å². The van der Waals surface area contributed by atoms with Crippen molar-refractivity contribution in [2.75, 3.05) is 58.2 Å². The molecule has 2 N–H and O–H groups in total. The summed E-state index contributed by atoms with van der Waals surface area (Å²) < 4.78 is 0. The molecule has 0 atom stereocenters. The first-order valence-corrected chi connectivity index (χ1v) is 15.4. The molecule has 0 aliphatic carbocycles. The summed E-state index contributed by atoms with van der Waals surface area (Å²) in [7, 11) is 1.25. The molecule has 4 nitrogen and oxygen atoms in total. The fraction of sp³-hybridized carbons (Fsp3) is 0.355. The third-order valence-corrected chi connectivity index (χ3v) is 9.61. The van der Waals surface area contributed by atoms with Crippen LogP contribution in [0.1, 0.15) is 29.5 Å². The van der Waals surface area contributed by atoms with Gasteiger partial charge in [0.25, 0.3) is 0 Å². The highest BCUT2D eigenvalue weighted by atomic mass is 32.3. The summed E-state index contributed by atoms with van der Waals surface area (Å²) in [6.07, 6.45) is 6.33. The van der Waals surface area contributed by atoms with Crippen LogP contribution in [0.3, 0.4) is 0 Å². The van der Waals surface area contributed by atoms with E-state index in [1.54, 1.807) is 12.1 Å². The van der Waals surface area contributed by atoms with E-state index in [-0.39, 0.29) is 12.4 Å². The quantitative estimate of drug-likeness (QED) is 0.364. The van der Waals surface area contributed by atoms with Gasteiger partial charge in [-0.15, -0.1) is 0 Å². The van der Waals surface area contributed by atoms with Gasteiger partial charge in [0.05, 0.1) is 0 Å². The van der Waals surface area contributed by atoms with Crippen molar-refractivity contribution in [2.45, 2.75) is 17.7 Å². The Morgan fingerprint density at radius 2 is 1.36 bits per heavy atom. The van der Waals surface area contributed by atoms with Gasteiger partial charge in [-0.1, -0.05) is 54.6 Å². The third kappa shape index (κ3) is 6.60. The molecule has 1 aliphatic rings. The van der Waals surface area contributed by atoms with E-state index in [0.717, 1.165) is 55.2 Å². The number of likely N-dealkylation sites (N-methyl/N-ethyl adjacent to an activating group) is 1. The molecule has 1 aliphatic heterocycles. The molecule has 0 aromatic heterocycles. The molecule has 0 amide bonds. The Morgan fingerprint density at radius 3 is 1.94 bits per heavy atom. The zero-order valence-electron chi connectivity index (χ0n) is 21.9. The van der Waals surface area contributed by atoms with Crippen LogP contribution in [-0.2, 0) is 0 Å². The molecule has 3 aromatic rings. The Kier molecular flexibility index (Phi) is 8.91. The molecule has 0 unspecified atom stereocenters. The largest absolute Gasteiger partial charge is 0.508 e. The molecule has 1 fully saturated rings. The molecule has 0 saturated carbocycles. The number of aromatic hydroxyl groups is 1. The smallest absolute Gasteiger partial charge is 0.115 e. The van der Waals surface area contributed by atoms with Crippen molar-refractivity contribution in [1.82, 2.24) is 9.80 Å². The number of phenols is 1. The number of aliphatic hydroxyl groups is 1. The molecule has 0 radical (unpaired) electrons. The minimum Gasteiger partial charge on any atom is -0.508 e. The Bertz CT molecular complexity index is 1130. The van der Waals surface area contributed by atoms with E-state index in [1.165, 1.54) is 16.0 Å². The summed E-state index contributed by atoms with van der Waals surface area (Å²) >= 11 is 0. The first-order valence-electron chi connectivity index (χ1n) is 12.8. The van der Waals surface area contributed by atoms with Crippen molar-refractivity contribution in [2.24, 2.45) is 0 Å². The van der Waals surface area contributed by atoms with E-state index in [1.807, 2.05) is 18.2 Å². The van der Waals surface area contributed by atoms with Gasteiger partial charge in [0.1, 0.15) is 5.75 Å². The van der Waals surface area contributed by atoms with Crippen molar-refractivity contribution in [3.05, 3.63) is 95.6 Å². The first kappa shape index (κ1) is 26.5. The second-order valence-corrected chi connectivity index (χ2v) is 14.0. The molecular weight excluding hydrogens is 464 g/mol. The highest BCUT2D eigenvalue weighted by Gasteiger charge is 2.22. The van der Waals surface area contributed by atoms with Gasteiger partial charge in [0.15, 0.2) is 0 Å². The SMILES string of the molecule is CN1CCN(CS(C)(C)c2ccc(/C(=C(/CCCO)c3ccccc3)c3ccc(O)cc3)cc2)CC1. The maximum absolute atomic E-state index is 9.93. The number of benzene rings is 3. The van der Waals surface area contributed by atoms with Crippen LogP contribution in [0.4, 0.5) is 0 Å². The summed E-state index contributed by atoms with van der Waals surface area (Å²) in [6.45, 7) is 4.73.